The predicted molar refractivity (Wildman–Crippen MR) is 115 cm³/mol. The van der Waals surface area contributed by atoms with Crippen LogP contribution in [0.1, 0.15) is 38.8 Å². The topological polar surface area (TPSA) is 50.8 Å². The van der Waals surface area contributed by atoms with E-state index in [2.05, 4.69) is 5.32 Å². The van der Waals surface area contributed by atoms with Gasteiger partial charge in [0, 0.05) is 13.1 Å². The van der Waals surface area contributed by atoms with Crippen molar-refractivity contribution in [2.24, 2.45) is 0 Å². The lowest BCUT2D eigenvalue weighted by Gasteiger charge is -2.29. The van der Waals surface area contributed by atoms with Crippen molar-refractivity contribution in [2.45, 2.75) is 52.5 Å². The third-order valence-electron chi connectivity index (χ3n) is 4.26. The van der Waals surface area contributed by atoms with Crippen LogP contribution in [0.2, 0.25) is 0 Å². The first-order chi connectivity index (χ1) is 13.6. The zero-order valence-electron chi connectivity index (χ0n) is 17.0. The molecule has 0 fully saturated rings. The highest BCUT2D eigenvalue weighted by molar-refractivity contribution is 7.80. The normalized spacial score (nSPS) is 15.8. The van der Waals surface area contributed by atoms with Crippen LogP contribution in [0.4, 0.5) is 14.9 Å². The molecular formula is C22H25FN2O3S. The highest BCUT2D eigenvalue weighted by atomic mass is 32.1. The summed E-state index contributed by atoms with van der Waals surface area (Å²) in [6.45, 7) is 7.84. The number of thiocarbonyl (C=S) groups is 1. The Labute approximate surface area is 175 Å². The largest absolute Gasteiger partial charge is 0.481 e. The second-order valence-corrected chi connectivity index (χ2v) is 8.49. The van der Waals surface area contributed by atoms with Crippen molar-refractivity contribution >= 4 is 29.0 Å². The van der Waals surface area contributed by atoms with E-state index in [9.17, 15) is 9.18 Å². The average molecular weight is 417 g/mol. The molecule has 2 aromatic rings. The molecule has 0 aromatic heterocycles. The number of amides is 1. The van der Waals surface area contributed by atoms with Crippen molar-refractivity contribution in [2.75, 3.05) is 5.32 Å². The molecule has 2 aromatic carbocycles. The van der Waals surface area contributed by atoms with E-state index in [1.165, 1.54) is 12.1 Å². The lowest BCUT2D eigenvalue weighted by Crippen LogP contribution is -2.36. The molecule has 0 aliphatic carbocycles. The van der Waals surface area contributed by atoms with Gasteiger partial charge in [-0.1, -0.05) is 30.4 Å². The van der Waals surface area contributed by atoms with Crippen LogP contribution in [-0.4, -0.2) is 27.7 Å². The van der Waals surface area contributed by atoms with Gasteiger partial charge in [-0.3, -0.25) is 4.90 Å². The third-order valence-corrected chi connectivity index (χ3v) is 4.70. The maximum atomic E-state index is 13.6. The zero-order valence-corrected chi connectivity index (χ0v) is 17.8. The van der Waals surface area contributed by atoms with E-state index >= 15 is 0 Å². The Morgan fingerprint density at radius 3 is 2.55 bits per heavy atom. The van der Waals surface area contributed by atoms with Gasteiger partial charge < -0.3 is 14.8 Å². The zero-order chi connectivity index (χ0) is 21.2. The summed E-state index contributed by atoms with van der Waals surface area (Å²) in [4.78, 5) is 14.9. The molecule has 0 radical (unpaired) electrons. The number of anilines is 1. The van der Waals surface area contributed by atoms with E-state index in [-0.39, 0.29) is 18.5 Å². The molecule has 1 N–H and O–H groups in total. The summed E-state index contributed by atoms with van der Waals surface area (Å²) in [6, 6.07) is 11.8. The van der Waals surface area contributed by atoms with Crippen molar-refractivity contribution in [1.82, 2.24) is 4.90 Å². The van der Waals surface area contributed by atoms with Gasteiger partial charge in [-0.25, -0.2) is 9.18 Å². The monoisotopic (exact) mass is 416 g/mol. The number of carbonyl (C=O) groups is 1. The van der Waals surface area contributed by atoms with Crippen LogP contribution in [0, 0.1) is 5.82 Å². The molecule has 1 aliphatic rings. The molecule has 1 atom stereocenters. The molecule has 154 valence electrons. The van der Waals surface area contributed by atoms with Gasteiger partial charge in [0.25, 0.3) is 0 Å². The van der Waals surface area contributed by atoms with Crippen LogP contribution in [0.25, 0.3) is 0 Å². The second kappa shape index (κ2) is 8.37. The van der Waals surface area contributed by atoms with E-state index < -0.39 is 11.7 Å². The fraction of sp³-hybridized carbons (Fsp3) is 0.364. The highest BCUT2D eigenvalue weighted by Gasteiger charge is 2.24. The molecule has 0 bridgehead atoms. The number of carbonyl (C=O) groups excluding carboxylic acids is 1. The first kappa shape index (κ1) is 21.0. The second-order valence-electron chi connectivity index (χ2n) is 8.05. The van der Waals surface area contributed by atoms with Crippen LogP contribution in [0.3, 0.4) is 0 Å². The lowest BCUT2D eigenvalue weighted by atomic mass is 10.1. The lowest BCUT2D eigenvalue weighted by molar-refractivity contribution is 0.0216. The number of ether oxygens (including phenoxy) is 2. The Morgan fingerprint density at radius 2 is 1.90 bits per heavy atom. The summed E-state index contributed by atoms with van der Waals surface area (Å²) < 4.78 is 24.9. The summed E-state index contributed by atoms with van der Waals surface area (Å²) >= 11 is 5.28. The van der Waals surface area contributed by atoms with Crippen molar-refractivity contribution < 1.29 is 18.7 Å². The molecule has 0 saturated carbocycles. The number of benzene rings is 2. The summed E-state index contributed by atoms with van der Waals surface area (Å²) in [5.74, 6) is 0.369. The molecule has 29 heavy (non-hydrogen) atoms. The number of hydrogen-bond donors (Lipinski definition) is 1. The van der Waals surface area contributed by atoms with Gasteiger partial charge in [-0.15, -0.1) is 0 Å². The number of nitrogens with zero attached hydrogens (tertiary/aromatic N) is 1. The Balaban J connectivity index is 1.83. The Morgan fingerprint density at radius 1 is 1.21 bits per heavy atom. The van der Waals surface area contributed by atoms with Gasteiger partial charge >= 0.3 is 6.09 Å². The standard InChI is InChI=1S/C22H25FN2O3S/c1-14-20(29)24-18-11-16(8-9-19(18)27-14)13-25(21(26)28-22(2,3)4)12-15-6-5-7-17(23)10-15/h5-11,14H,12-13H2,1-4H3,(H,24,29). The number of rotatable bonds is 4. The number of fused-ring (bicyclic) bond motifs is 1. The molecular weight excluding hydrogens is 391 g/mol. The first-order valence-electron chi connectivity index (χ1n) is 9.43. The Hall–Kier alpha value is -2.67. The molecule has 0 saturated heterocycles. The van der Waals surface area contributed by atoms with Crippen LogP contribution in [0.5, 0.6) is 5.75 Å². The van der Waals surface area contributed by atoms with Crippen LogP contribution >= 0.6 is 12.2 Å². The smallest absolute Gasteiger partial charge is 0.410 e. The van der Waals surface area contributed by atoms with Crippen LogP contribution in [0.15, 0.2) is 42.5 Å². The number of hydrogen-bond acceptors (Lipinski definition) is 4. The summed E-state index contributed by atoms with van der Waals surface area (Å²) in [7, 11) is 0. The van der Waals surface area contributed by atoms with Gasteiger partial charge in [0.2, 0.25) is 0 Å². The van der Waals surface area contributed by atoms with Crippen molar-refractivity contribution in [3.63, 3.8) is 0 Å². The molecule has 5 nitrogen and oxygen atoms in total. The van der Waals surface area contributed by atoms with E-state index in [1.807, 2.05) is 45.9 Å². The summed E-state index contributed by atoms with van der Waals surface area (Å²) in [6.07, 6.45) is -0.651. The quantitative estimate of drug-likeness (QED) is 0.687. The fourth-order valence-corrected chi connectivity index (χ4v) is 3.10. The minimum atomic E-state index is -0.634. The molecule has 7 heteroatoms. The Bertz CT molecular complexity index is 927. The number of nitrogens with one attached hydrogen (secondary N) is 1. The molecule has 1 amide bonds. The molecule has 1 heterocycles. The van der Waals surface area contributed by atoms with Gasteiger partial charge in [0.1, 0.15) is 28.3 Å². The summed E-state index contributed by atoms with van der Waals surface area (Å²) in [5.41, 5.74) is 1.69. The van der Waals surface area contributed by atoms with E-state index in [4.69, 9.17) is 21.7 Å². The van der Waals surface area contributed by atoms with Crippen LogP contribution < -0.4 is 10.1 Å². The van der Waals surface area contributed by atoms with Gasteiger partial charge in [0.05, 0.1) is 5.69 Å². The van der Waals surface area contributed by atoms with Crippen molar-refractivity contribution in [3.05, 3.63) is 59.4 Å². The van der Waals surface area contributed by atoms with Gasteiger partial charge in [-0.05, 0) is 63.1 Å². The van der Waals surface area contributed by atoms with E-state index in [1.54, 1.807) is 17.0 Å². The molecule has 1 aliphatic heterocycles. The van der Waals surface area contributed by atoms with Crippen molar-refractivity contribution in [1.29, 1.82) is 0 Å². The fourth-order valence-electron chi connectivity index (χ4n) is 2.94. The molecule has 3 rings (SSSR count). The minimum absolute atomic E-state index is 0.186. The van der Waals surface area contributed by atoms with Gasteiger partial charge in [0.15, 0.2) is 0 Å². The number of halogens is 1. The van der Waals surface area contributed by atoms with Crippen LogP contribution in [-0.2, 0) is 17.8 Å². The average Bonchev–Trinajstić information content (AvgIpc) is 2.61. The SMILES string of the molecule is CC1Oc2ccc(CN(Cc3cccc(F)c3)C(=O)OC(C)(C)C)cc2NC1=S. The maximum absolute atomic E-state index is 13.6. The first-order valence-corrected chi connectivity index (χ1v) is 9.84. The van der Waals surface area contributed by atoms with Crippen molar-refractivity contribution in [3.8, 4) is 5.75 Å². The van der Waals surface area contributed by atoms with Gasteiger partial charge in [-0.2, -0.15) is 0 Å². The minimum Gasteiger partial charge on any atom is -0.481 e. The Kier molecular flexibility index (Phi) is 6.07. The third kappa shape index (κ3) is 5.67. The molecule has 0 spiro atoms. The summed E-state index contributed by atoms with van der Waals surface area (Å²) in [5, 5.41) is 3.17. The highest BCUT2D eigenvalue weighted by Crippen LogP contribution is 2.31. The predicted octanol–water partition coefficient (Wildman–Crippen LogP) is 5.28. The van der Waals surface area contributed by atoms with E-state index in [0.717, 1.165) is 11.3 Å². The maximum Gasteiger partial charge on any atom is 0.410 e. The van der Waals surface area contributed by atoms with E-state index in [0.29, 0.717) is 22.8 Å². The molecule has 1 unspecified atom stereocenters.